The lowest BCUT2D eigenvalue weighted by Crippen LogP contribution is -2.16. The summed E-state index contributed by atoms with van der Waals surface area (Å²) in [5, 5.41) is 0. The largest absolute Gasteiger partial charge is 0.348 e. The Bertz CT molecular complexity index is 2260. The Balaban J connectivity index is 0.000000222. The van der Waals surface area contributed by atoms with Gasteiger partial charge in [-0.2, -0.15) is 0 Å². The molecule has 0 radical (unpaired) electrons. The van der Waals surface area contributed by atoms with Gasteiger partial charge in [0.05, 0.1) is 0 Å². The maximum Gasteiger partial charge on any atom is 0.0461 e. The number of anilines is 3. The van der Waals surface area contributed by atoms with Crippen molar-refractivity contribution in [2.75, 3.05) is 16.8 Å². The molecule has 0 fully saturated rings. The molecule has 0 spiro atoms. The molecule has 0 aliphatic carbocycles. The lowest BCUT2D eigenvalue weighted by molar-refractivity contribution is 1.05. The normalized spacial score (nSPS) is 12.3. The zero-order chi connectivity index (χ0) is 41.1. The number of allylic oxidation sites excluding steroid dienone is 11. The highest BCUT2D eigenvalue weighted by atomic mass is 15.1. The third-order valence-electron chi connectivity index (χ3n) is 10.2. The summed E-state index contributed by atoms with van der Waals surface area (Å²) in [7, 11) is 2.12. The van der Waals surface area contributed by atoms with E-state index in [0.717, 1.165) is 29.1 Å². The van der Waals surface area contributed by atoms with E-state index in [1.807, 2.05) is 50.3 Å². The maximum atomic E-state index is 4.06. The number of hydrogen-bond acceptors (Lipinski definition) is 2. The summed E-state index contributed by atoms with van der Waals surface area (Å²) < 4.78 is 0. The van der Waals surface area contributed by atoms with Crippen molar-refractivity contribution in [2.45, 2.75) is 34.1 Å². The van der Waals surface area contributed by atoms with Crippen LogP contribution in [-0.2, 0) is 6.42 Å². The fraction of sp³-hybridized carbons (Fsp3) is 0.107. The van der Waals surface area contributed by atoms with Gasteiger partial charge in [0, 0.05) is 35.5 Å². The Hall–Kier alpha value is -6.90. The predicted octanol–water partition coefficient (Wildman–Crippen LogP) is 15.5. The Kier molecular flexibility index (Phi) is 16.0. The van der Waals surface area contributed by atoms with Crippen molar-refractivity contribution in [3.63, 3.8) is 0 Å². The lowest BCUT2D eigenvalue weighted by Gasteiger charge is -2.26. The summed E-state index contributed by atoms with van der Waals surface area (Å²) in [5.41, 5.74) is 15.4. The van der Waals surface area contributed by atoms with Crippen LogP contribution < -0.4 is 9.80 Å². The van der Waals surface area contributed by atoms with Crippen LogP contribution in [0.25, 0.3) is 22.3 Å². The molecule has 2 heteroatoms. The van der Waals surface area contributed by atoms with Crippen molar-refractivity contribution >= 4 is 17.1 Å². The van der Waals surface area contributed by atoms with E-state index in [-0.39, 0.29) is 0 Å². The first-order valence-electron chi connectivity index (χ1n) is 19.9. The minimum Gasteiger partial charge on any atom is -0.348 e. The smallest absolute Gasteiger partial charge is 0.0461 e. The first kappa shape index (κ1) is 42.2. The zero-order valence-corrected chi connectivity index (χ0v) is 34.7. The molecule has 6 aromatic rings. The Labute approximate surface area is 348 Å². The lowest BCUT2D eigenvalue weighted by atomic mass is 9.94. The molecule has 6 aromatic carbocycles. The van der Waals surface area contributed by atoms with Crippen molar-refractivity contribution in [3.8, 4) is 22.3 Å². The molecule has 290 valence electrons. The van der Waals surface area contributed by atoms with Gasteiger partial charge in [-0.3, -0.25) is 0 Å². The molecule has 2 nitrogen and oxygen atoms in total. The van der Waals surface area contributed by atoms with Gasteiger partial charge < -0.3 is 9.80 Å². The summed E-state index contributed by atoms with van der Waals surface area (Å²) >= 11 is 0. The zero-order valence-electron chi connectivity index (χ0n) is 34.7. The van der Waals surface area contributed by atoms with Gasteiger partial charge in [0.15, 0.2) is 0 Å². The third-order valence-corrected chi connectivity index (χ3v) is 10.2. The van der Waals surface area contributed by atoms with E-state index in [4.69, 9.17) is 0 Å². The van der Waals surface area contributed by atoms with Crippen molar-refractivity contribution in [1.29, 1.82) is 0 Å². The molecule has 0 atom stereocenters. The summed E-state index contributed by atoms with van der Waals surface area (Å²) in [6, 6.07) is 59.3. The fourth-order valence-electron chi connectivity index (χ4n) is 6.73. The van der Waals surface area contributed by atoms with Crippen molar-refractivity contribution < 1.29 is 0 Å². The minimum absolute atomic E-state index is 0.886. The molecule has 0 bridgehead atoms. The Morgan fingerprint density at radius 1 is 0.534 bits per heavy atom. The van der Waals surface area contributed by atoms with E-state index in [0.29, 0.717) is 0 Å². The van der Waals surface area contributed by atoms with Gasteiger partial charge in [-0.1, -0.05) is 183 Å². The molecule has 0 unspecified atom stereocenters. The van der Waals surface area contributed by atoms with E-state index >= 15 is 0 Å². The number of hydrogen-bond donors (Lipinski definition) is 0. The molecule has 0 heterocycles. The predicted molar refractivity (Wildman–Crippen MR) is 254 cm³/mol. The Morgan fingerprint density at radius 2 is 0.983 bits per heavy atom. The summed E-state index contributed by atoms with van der Waals surface area (Å²) in [6.45, 7) is 16.5. The number of nitrogens with zero attached hydrogens (tertiary/aromatic N) is 2. The molecule has 0 saturated carbocycles. The molecule has 58 heavy (non-hydrogen) atoms. The van der Waals surface area contributed by atoms with Gasteiger partial charge in [-0.15, -0.1) is 0 Å². The number of rotatable bonds is 14. The molecule has 0 aromatic heterocycles. The van der Waals surface area contributed by atoms with Gasteiger partial charge in [0.25, 0.3) is 0 Å². The SMILES string of the molecule is C=C/C(=C\C)N(c1ccc(-c2ccccc2)cc1)c1ccc(-c2ccccc2)cc1.C=CC(=C\C=C/C)/C(=C/Cc1ccccc1)C(/C)=C(\C)N(C)c1ccccc1. The van der Waals surface area contributed by atoms with Crippen LogP contribution in [0.4, 0.5) is 17.1 Å². The van der Waals surface area contributed by atoms with E-state index in [9.17, 15) is 0 Å². The number of benzene rings is 6. The molecule has 6 rings (SSSR count). The quantitative estimate of drug-likeness (QED) is 0.102. The van der Waals surface area contributed by atoms with Crippen LogP contribution in [0, 0.1) is 0 Å². The second kappa shape index (κ2) is 22.0. The van der Waals surface area contributed by atoms with Gasteiger partial charge >= 0.3 is 0 Å². The minimum atomic E-state index is 0.886. The molecule has 0 aliphatic rings. The monoisotopic (exact) mass is 756 g/mol. The first-order chi connectivity index (χ1) is 28.4. The maximum absolute atomic E-state index is 4.06. The summed E-state index contributed by atoms with van der Waals surface area (Å²) in [4.78, 5) is 4.47. The molecule has 0 saturated heterocycles. The van der Waals surface area contributed by atoms with E-state index in [1.54, 1.807) is 0 Å². The topological polar surface area (TPSA) is 6.48 Å². The van der Waals surface area contributed by atoms with Gasteiger partial charge in [-0.25, -0.2) is 0 Å². The molecular weight excluding hydrogens is 701 g/mol. The van der Waals surface area contributed by atoms with E-state index < -0.39 is 0 Å². The van der Waals surface area contributed by atoms with Gasteiger partial charge in [0.1, 0.15) is 0 Å². The Morgan fingerprint density at radius 3 is 1.41 bits per heavy atom. The average molecular weight is 757 g/mol. The van der Waals surface area contributed by atoms with Crippen LogP contribution in [0.2, 0.25) is 0 Å². The van der Waals surface area contributed by atoms with Crippen LogP contribution >= 0.6 is 0 Å². The van der Waals surface area contributed by atoms with Gasteiger partial charge in [-0.05, 0) is 121 Å². The second-order valence-corrected chi connectivity index (χ2v) is 13.8. The van der Waals surface area contributed by atoms with Crippen LogP contribution in [0.5, 0.6) is 0 Å². The van der Waals surface area contributed by atoms with Crippen LogP contribution in [0.3, 0.4) is 0 Å². The van der Waals surface area contributed by atoms with E-state index in [1.165, 1.54) is 50.3 Å². The standard InChI is InChI=1S/C29H25N.C27H31N/c1-3-27(4-2)30(28-19-15-25(16-20-28)23-11-7-5-8-12-23)29-21-17-26(18-22-29)24-13-9-6-10-14-24;1-6-8-17-25(7-2)27(21-20-24-15-11-9-12-16-24)22(3)23(4)28(5)26-18-13-10-14-19-26/h3-22H,1H2,2H3;6-19,21H,2,20H2,1,3-5H3/b27-4+;8-6-,23-22+,25-17+,27-21+. The van der Waals surface area contributed by atoms with Crippen molar-refractivity contribution in [3.05, 3.63) is 259 Å². The van der Waals surface area contributed by atoms with Crippen LogP contribution in [0.15, 0.2) is 254 Å². The van der Waals surface area contributed by atoms with E-state index in [2.05, 4.69) is 220 Å². The average Bonchev–Trinajstić information content (AvgIpc) is 3.30. The summed E-state index contributed by atoms with van der Waals surface area (Å²) in [6.07, 6.45) is 15.4. The highest BCUT2D eigenvalue weighted by molar-refractivity contribution is 5.75. The molecule has 0 aliphatic heterocycles. The summed E-state index contributed by atoms with van der Waals surface area (Å²) in [5.74, 6) is 0. The fourth-order valence-corrected chi connectivity index (χ4v) is 6.73. The van der Waals surface area contributed by atoms with Crippen molar-refractivity contribution in [2.24, 2.45) is 0 Å². The molecule has 0 amide bonds. The first-order valence-corrected chi connectivity index (χ1v) is 19.9. The molecular formula is C56H56N2. The van der Waals surface area contributed by atoms with Crippen LogP contribution in [-0.4, -0.2) is 7.05 Å². The number of para-hydroxylation sites is 1. The van der Waals surface area contributed by atoms with Crippen molar-refractivity contribution in [1.82, 2.24) is 0 Å². The van der Waals surface area contributed by atoms with Crippen LogP contribution in [0.1, 0.15) is 33.3 Å². The van der Waals surface area contributed by atoms with Gasteiger partial charge in [0.2, 0.25) is 0 Å². The highest BCUT2D eigenvalue weighted by Crippen LogP contribution is 2.34. The third kappa shape index (κ3) is 11.3. The molecule has 0 N–H and O–H groups in total. The second-order valence-electron chi connectivity index (χ2n) is 13.8. The highest BCUT2D eigenvalue weighted by Gasteiger charge is 2.14.